The van der Waals surface area contributed by atoms with Gasteiger partial charge in [0.2, 0.25) is 0 Å². The van der Waals surface area contributed by atoms with E-state index in [9.17, 15) is 9.59 Å². The van der Waals surface area contributed by atoms with Crippen molar-refractivity contribution < 1.29 is 9.59 Å². The lowest BCUT2D eigenvalue weighted by molar-refractivity contribution is 0.0944. The summed E-state index contributed by atoms with van der Waals surface area (Å²) in [6, 6.07) is 21.2. The van der Waals surface area contributed by atoms with Crippen LogP contribution in [0.5, 0.6) is 0 Å². The second kappa shape index (κ2) is 8.60. The average Bonchev–Trinajstić information content (AvgIpc) is 3.21. The SMILES string of the molecule is O=C(NCc1ccccc1)c1cc2n(n1)CCN(C(=O)NCc1ccccc1)C2. The average molecular weight is 389 g/mol. The summed E-state index contributed by atoms with van der Waals surface area (Å²) in [7, 11) is 0. The first kappa shape index (κ1) is 18.7. The van der Waals surface area contributed by atoms with Gasteiger partial charge in [-0.25, -0.2) is 4.79 Å². The maximum atomic E-state index is 12.5. The van der Waals surface area contributed by atoms with Gasteiger partial charge in [0.25, 0.3) is 5.91 Å². The molecular formula is C22H23N5O2. The summed E-state index contributed by atoms with van der Waals surface area (Å²) >= 11 is 0. The van der Waals surface area contributed by atoms with Gasteiger partial charge in [0.15, 0.2) is 5.69 Å². The van der Waals surface area contributed by atoms with Crippen LogP contribution in [-0.4, -0.2) is 33.2 Å². The molecule has 0 bridgehead atoms. The molecule has 7 nitrogen and oxygen atoms in total. The summed E-state index contributed by atoms with van der Waals surface area (Å²) in [5, 5.41) is 10.2. The van der Waals surface area contributed by atoms with Crippen LogP contribution < -0.4 is 10.6 Å². The Labute approximate surface area is 169 Å². The predicted octanol–water partition coefficient (Wildman–Crippen LogP) is 2.54. The number of nitrogens with zero attached hydrogens (tertiary/aromatic N) is 3. The maximum Gasteiger partial charge on any atom is 0.318 e. The third-order valence-corrected chi connectivity index (χ3v) is 4.90. The van der Waals surface area contributed by atoms with Crippen LogP contribution in [0.2, 0.25) is 0 Å². The lowest BCUT2D eigenvalue weighted by Crippen LogP contribution is -2.43. The fourth-order valence-corrected chi connectivity index (χ4v) is 3.30. The number of urea groups is 1. The van der Waals surface area contributed by atoms with Crippen LogP contribution in [0.25, 0.3) is 0 Å². The van der Waals surface area contributed by atoms with Crippen LogP contribution in [0.1, 0.15) is 27.3 Å². The number of benzene rings is 2. The number of fused-ring (bicyclic) bond motifs is 1. The first-order chi connectivity index (χ1) is 14.2. The van der Waals surface area contributed by atoms with Crippen LogP contribution in [0.4, 0.5) is 4.79 Å². The van der Waals surface area contributed by atoms with E-state index in [0.29, 0.717) is 38.4 Å². The van der Waals surface area contributed by atoms with Gasteiger partial charge < -0.3 is 15.5 Å². The molecule has 2 N–H and O–H groups in total. The Kier molecular flexibility index (Phi) is 5.56. The first-order valence-corrected chi connectivity index (χ1v) is 9.64. The zero-order valence-electron chi connectivity index (χ0n) is 16.0. The molecule has 29 heavy (non-hydrogen) atoms. The molecule has 0 fully saturated rings. The summed E-state index contributed by atoms with van der Waals surface area (Å²) in [5.74, 6) is -0.212. The highest BCUT2D eigenvalue weighted by Gasteiger charge is 2.23. The molecule has 0 spiro atoms. The summed E-state index contributed by atoms with van der Waals surface area (Å²) in [6.07, 6.45) is 0. The van der Waals surface area contributed by atoms with Crippen molar-refractivity contribution in [3.63, 3.8) is 0 Å². The van der Waals surface area contributed by atoms with Gasteiger partial charge in [0.1, 0.15) is 0 Å². The van der Waals surface area contributed by atoms with Gasteiger partial charge in [-0.05, 0) is 17.2 Å². The first-order valence-electron chi connectivity index (χ1n) is 9.64. The fourth-order valence-electron chi connectivity index (χ4n) is 3.30. The largest absolute Gasteiger partial charge is 0.347 e. The Hall–Kier alpha value is -3.61. The lowest BCUT2D eigenvalue weighted by atomic mass is 10.2. The van der Waals surface area contributed by atoms with Crippen molar-refractivity contribution >= 4 is 11.9 Å². The quantitative estimate of drug-likeness (QED) is 0.704. The normalized spacial score (nSPS) is 12.9. The number of hydrogen-bond acceptors (Lipinski definition) is 3. The molecule has 2 aromatic carbocycles. The molecule has 0 saturated heterocycles. The third-order valence-electron chi connectivity index (χ3n) is 4.90. The van der Waals surface area contributed by atoms with Crippen LogP contribution >= 0.6 is 0 Å². The molecule has 148 valence electrons. The monoisotopic (exact) mass is 389 g/mol. The molecule has 0 atom stereocenters. The summed E-state index contributed by atoms with van der Waals surface area (Å²) in [4.78, 5) is 26.7. The molecule has 4 rings (SSSR count). The van der Waals surface area contributed by atoms with E-state index in [2.05, 4.69) is 15.7 Å². The minimum Gasteiger partial charge on any atom is -0.347 e. The topological polar surface area (TPSA) is 79.3 Å². The molecule has 3 amide bonds. The molecule has 3 aromatic rings. The maximum absolute atomic E-state index is 12.5. The van der Waals surface area contributed by atoms with Crippen LogP contribution in [0.3, 0.4) is 0 Å². The molecule has 1 aliphatic rings. The highest BCUT2D eigenvalue weighted by Crippen LogP contribution is 2.14. The van der Waals surface area contributed by atoms with Crippen molar-refractivity contribution in [2.75, 3.05) is 6.54 Å². The van der Waals surface area contributed by atoms with E-state index in [1.165, 1.54) is 0 Å². The van der Waals surface area contributed by atoms with Gasteiger partial charge in [0, 0.05) is 19.6 Å². The standard InChI is InChI=1S/C22H23N5O2/c28-21(23-14-17-7-3-1-4-8-17)20-13-19-16-26(11-12-27(19)25-20)22(29)24-15-18-9-5-2-6-10-18/h1-10,13H,11-12,14-16H2,(H,23,28)(H,24,29). The van der Waals surface area contributed by atoms with E-state index in [0.717, 1.165) is 16.8 Å². The Morgan fingerprint density at radius 2 is 1.48 bits per heavy atom. The number of aromatic nitrogens is 2. The molecule has 0 saturated carbocycles. The molecule has 2 heterocycles. The number of nitrogens with one attached hydrogen (secondary N) is 2. The van der Waals surface area contributed by atoms with Crippen LogP contribution in [0, 0.1) is 0 Å². The number of carbonyl (C=O) groups is 2. The van der Waals surface area contributed by atoms with Gasteiger partial charge in [-0.3, -0.25) is 9.48 Å². The number of rotatable bonds is 5. The van der Waals surface area contributed by atoms with Crippen molar-refractivity contribution in [1.29, 1.82) is 0 Å². The minimum atomic E-state index is -0.212. The van der Waals surface area contributed by atoms with E-state index in [1.807, 2.05) is 60.7 Å². The van der Waals surface area contributed by atoms with Gasteiger partial charge in [0.05, 0.1) is 18.8 Å². The third kappa shape index (κ3) is 4.63. The number of carbonyl (C=O) groups excluding carboxylic acids is 2. The number of amides is 3. The predicted molar refractivity (Wildman–Crippen MR) is 109 cm³/mol. The Balaban J connectivity index is 1.33. The minimum absolute atomic E-state index is 0.114. The molecule has 7 heteroatoms. The molecule has 1 aromatic heterocycles. The van der Waals surface area contributed by atoms with E-state index < -0.39 is 0 Å². The van der Waals surface area contributed by atoms with Crippen molar-refractivity contribution in [2.45, 2.75) is 26.2 Å². The van der Waals surface area contributed by atoms with Crippen molar-refractivity contribution in [3.05, 3.63) is 89.2 Å². The van der Waals surface area contributed by atoms with Crippen LogP contribution in [0.15, 0.2) is 66.7 Å². The highest BCUT2D eigenvalue weighted by molar-refractivity contribution is 5.92. The second-order valence-corrected chi connectivity index (χ2v) is 6.98. The smallest absolute Gasteiger partial charge is 0.318 e. The van der Waals surface area contributed by atoms with Crippen LogP contribution in [-0.2, 0) is 26.2 Å². The summed E-state index contributed by atoms with van der Waals surface area (Å²) in [5.41, 5.74) is 3.32. The van der Waals surface area contributed by atoms with E-state index in [1.54, 1.807) is 15.6 Å². The van der Waals surface area contributed by atoms with E-state index in [4.69, 9.17) is 0 Å². The Morgan fingerprint density at radius 1 is 0.862 bits per heavy atom. The fraction of sp³-hybridized carbons (Fsp3) is 0.227. The molecular weight excluding hydrogens is 366 g/mol. The van der Waals surface area contributed by atoms with Crippen molar-refractivity contribution in [3.8, 4) is 0 Å². The van der Waals surface area contributed by atoms with E-state index in [-0.39, 0.29) is 11.9 Å². The summed E-state index contributed by atoms with van der Waals surface area (Å²) < 4.78 is 1.80. The lowest BCUT2D eigenvalue weighted by Gasteiger charge is -2.27. The molecule has 0 unspecified atom stereocenters. The Bertz CT molecular complexity index is 985. The second-order valence-electron chi connectivity index (χ2n) is 6.98. The van der Waals surface area contributed by atoms with Gasteiger partial charge >= 0.3 is 6.03 Å². The Morgan fingerprint density at radius 3 is 2.14 bits per heavy atom. The summed E-state index contributed by atoms with van der Waals surface area (Å²) in [6.45, 7) is 2.50. The molecule has 0 aliphatic carbocycles. The molecule has 0 radical (unpaired) electrons. The zero-order valence-corrected chi connectivity index (χ0v) is 16.0. The van der Waals surface area contributed by atoms with Gasteiger partial charge in [-0.2, -0.15) is 5.10 Å². The van der Waals surface area contributed by atoms with Gasteiger partial charge in [-0.1, -0.05) is 60.7 Å². The zero-order chi connectivity index (χ0) is 20.1. The number of hydrogen-bond donors (Lipinski definition) is 2. The van der Waals surface area contributed by atoms with E-state index >= 15 is 0 Å². The van der Waals surface area contributed by atoms with Gasteiger partial charge in [-0.15, -0.1) is 0 Å². The molecule has 1 aliphatic heterocycles. The highest BCUT2D eigenvalue weighted by atomic mass is 16.2. The van der Waals surface area contributed by atoms with Crippen molar-refractivity contribution in [2.24, 2.45) is 0 Å². The van der Waals surface area contributed by atoms with Crippen molar-refractivity contribution in [1.82, 2.24) is 25.3 Å².